The van der Waals surface area contributed by atoms with E-state index in [-0.39, 0.29) is 18.1 Å². The van der Waals surface area contributed by atoms with Gasteiger partial charge >= 0.3 is 0 Å². The van der Waals surface area contributed by atoms with E-state index in [0.717, 1.165) is 17.8 Å². The lowest BCUT2D eigenvalue weighted by molar-refractivity contribution is -0.0627. The summed E-state index contributed by atoms with van der Waals surface area (Å²) < 4.78 is 7.87. The summed E-state index contributed by atoms with van der Waals surface area (Å²) in [5.41, 5.74) is 2.34. The second kappa shape index (κ2) is 7.01. The van der Waals surface area contributed by atoms with Crippen molar-refractivity contribution in [3.63, 3.8) is 0 Å². The number of aromatic nitrogens is 5. The summed E-state index contributed by atoms with van der Waals surface area (Å²) in [5.74, 6) is 0.369. The van der Waals surface area contributed by atoms with Crippen LogP contribution in [0.1, 0.15) is 28.5 Å². The third-order valence-electron chi connectivity index (χ3n) is 5.15. The topological polar surface area (TPSA) is 98.1 Å². The summed E-state index contributed by atoms with van der Waals surface area (Å²) in [6.45, 7) is 1.62. The Balaban J connectivity index is 1.26. The van der Waals surface area contributed by atoms with E-state index >= 15 is 0 Å². The van der Waals surface area contributed by atoms with E-state index in [4.69, 9.17) is 4.74 Å². The van der Waals surface area contributed by atoms with Crippen molar-refractivity contribution in [2.75, 3.05) is 18.4 Å². The van der Waals surface area contributed by atoms with Crippen molar-refractivity contribution < 1.29 is 9.53 Å². The number of piperidine rings is 1. The normalized spacial score (nSPS) is 20.9. The second-order valence-electron chi connectivity index (χ2n) is 6.91. The highest BCUT2D eigenvalue weighted by atomic mass is 16.5. The van der Waals surface area contributed by atoms with Crippen LogP contribution in [0.2, 0.25) is 0 Å². The highest BCUT2D eigenvalue weighted by Gasteiger charge is 2.38. The molecule has 1 N–H and O–H groups in total. The number of likely N-dealkylation sites (tertiary alicyclic amines) is 1. The zero-order chi connectivity index (χ0) is 18.9. The van der Waals surface area contributed by atoms with Gasteiger partial charge in [-0.05, 0) is 18.6 Å². The molecule has 3 aromatic rings. The largest absolute Gasteiger partial charge is 0.368 e. The number of anilines is 2. The second-order valence-corrected chi connectivity index (χ2v) is 6.91. The number of fused-ring (bicyclic) bond motifs is 3. The van der Waals surface area contributed by atoms with Gasteiger partial charge in [0.2, 0.25) is 5.95 Å². The van der Waals surface area contributed by atoms with Crippen molar-refractivity contribution in [1.29, 1.82) is 0 Å². The SMILES string of the molecule is O=C(c1cnc(Nc2ccccc2)nc1)N1CC[C@H]2[C@H](C1)OCc1cnnn12. The maximum absolute atomic E-state index is 12.9. The first kappa shape index (κ1) is 16.8. The first-order chi connectivity index (χ1) is 13.8. The standard InChI is InChI=1S/C19H19N7O2/c27-18(13-8-20-19(21-9-13)23-14-4-2-1-3-5-14)25-7-6-16-17(11-25)28-12-15-10-22-24-26(15)16/h1-5,8-10,16-17H,6-7,11-12H2,(H,20,21,23)/t16-,17-/m0/s1. The van der Waals surface area contributed by atoms with Crippen LogP contribution in [0.4, 0.5) is 11.6 Å². The highest BCUT2D eigenvalue weighted by molar-refractivity contribution is 5.93. The minimum atomic E-state index is -0.0855. The molecule has 0 bridgehead atoms. The molecule has 28 heavy (non-hydrogen) atoms. The fourth-order valence-corrected chi connectivity index (χ4v) is 3.71. The van der Waals surface area contributed by atoms with Crippen LogP contribution in [0.5, 0.6) is 0 Å². The number of rotatable bonds is 3. The Labute approximate surface area is 161 Å². The molecule has 0 aliphatic carbocycles. The van der Waals surface area contributed by atoms with Gasteiger partial charge in [0.15, 0.2) is 0 Å². The number of nitrogens with zero attached hydrogens (tertiary/aromatic N) is 6. The van der Waals surface area contributed by atoms with Crippen molar-refractivity contribution in [1.82, 2.24) is 29.9 Å². The summed E-state index contributed by atoms with van der Waals surface area (Å²) in [6, 6.07) is 9.79. The summed E-state index contributed by atoms with van der Waals surface area (Å²) in [6.07, 6.45) is 5.55. The summed E-state index contributed by atoms with van der Waals surface area (Å²) in [5, 5.41) is 11.2. The van der Waals surface area contributed by atoms with Crippen molar-refractivity contribution >= 4 is 17.5 Å². The number of nitrogens with one attached hydrogen (secondary N) is 1. The fraction of sp³-hybridized carbons (Fsp3) is 0.316. The maximum Gasteiger partial charge on any atom is 0.257 e. The number of hydrogen-bond donors (Lipinski definition) is 1. The quantitative estimate of drug-likeness (QED) is 0.743. The molecular weight excluding hydrogens is 358 g/mol. The molecule has 142 valence electrons. The van der Waals surface area contributed by atoms with Crippen LogP contribution in [0, 0.1) is 0 Å². The molecule has 0 saturated carbocycles. The van der Waals surface area contributed by atoms with Gasteiger partial charge in [0.05, 0.1) is 36.2 Å². The third-order valence-corrected chi connectivity index (χ3v) is 5.15. The molecule has 9 nitrogen and oxygen atoms in total. The zero-order valence-electron chi connectivity index (χ0n) is 15.1. The van der Waals surface area contributed by atoms with Crippen molar-refractivity contribution in [2.45, 2.75) is 25.2 Å². The summed E-state index contributed by atoms with van der Waals surface area (Å²) in [4.78, 5) is 23.2. The number of amides is 1. The Kier molecular flexibility index (Phi) is 4.21. The third kappa shape index (κ3) is 3.09. The molecule has 9 heteroatoms. The minimum Gasteiger partial charge on any atom is -0.368 e. The van der Waals surface area contributed by atoms with Gasteiger partial charge in [-0.2, -0.15) is 0 Å². The zero-order valence-corrected chi connectivity index (χ0v) is 15.1. The lowest BCUT2D eigenvalue weighted by atomic mass is 9.99. The lowest BCUT2D eigenvalue weighted by Crippen LogP contribution is -2.50. The molecule has 1 fully saturated rings. The van der Waals surface area contributed by atoms with Gasteiger partial charge in [-0.1, -0.05) is 23.4 Å². The van der Waals surface area contributed by atoms with Crippen molar-refractivity contribution in [3.05, 3.63) is 60.2 Å². The maximum atomic E-state index is 12.9. The lowest BCUT2D eigenvalue weighted by Gasteiger charge is -2.40. The first-order valence-corrected chi connectivity index (χ1v) is 9.22. The highest BCUT2D eigenvalue weighted by Crippen LogP contribution is 2.30. The van der Waals surface area contributed by atoms with Gasteiger partial charge in [-0.3, -0.25) is 4.79 Å². The van der Waals surface area contributed by atoms with Gasteiger partial charge < -0.3 is 15.0 Å². The van der Waals surface area contributed by atoms with Gasteiger partial charge in [0, 0.05) is 31.2 Å². The number of ether oxygens (including phenoxy) is 1. The molecule has 2 aromatic heterocycles. The van der Waals surface area contributed by atoms with Gasteiger partial charge in [0.25, 0.3) is 5.91 Å². The van der Waals surface area contributed by atoms with E-state index in [1.807, 2.05) is 35.0 Å². The molecule has 1 saturated heterocycles. The van der Waals surface area contributed by atoms with Crippen molar-refractivity contribution in [3.8, 4) is 0 Å². The monoisotopic (exact) mass is 377 g/mol. The first-order valence-electron chi connectivity index (χ1n) is 9.22. The number of carbonyl (C=O) groups is 1. The molecule has 5 rings (SSSR count). The van der Waals surface area contributed by atoms with E-state index in [1.54, 1.807) is 23.5 Å². The number of benzene rings is 1. The molecule has 2 aliphatic rings. The molecule has 2 atom stereocenters. The van der Waals surface area contributed by atoms with Gasteiger partial charge in [-0.25, -0.2) is 14.6 Å². The van der Waals surface area contributed by atoms with Crippen molar-refractivity contribution in [2.24, 2.45) is 0 Å². The molecule has 1 aromatic carbocycles. The Hall–Kier alpha value is -3.33. The molecular formula is C19H19N7O2. The van der Waals surface area contributed by atoms with Gasteiger partial charge in [-0.15, -0.1) is 5.10 Å². The fourth-order valence-electron chi connectivity index (χ4n) is 3.71. The number of para-hydroxylation sites is 1. The average molecular weight is 377 g/mol. The van der Waals surface area contributed by atoms with E-state index < -0.39 is 0 Å². The van der Waals surface area contributed by atoms with E-state index in [1.165, 1.54) is 0 Å². The van der Waals surface area contributed by atoms with Crippen LogP contribution in [0.25, 0.3) is 0 Å². The summed E-state index contributed by atoms with van der Waals surface area (Å²) >= 11 is 0. The molecule has 1 amide bonds. The van der Waals surface area contributed by atoms with E-state index in [0.29, 0.717) is 31.2 Å². The molecule has 0 radical (unpaired) electrons. The Morgan fingerprint density at radius 3 is 2.79 bits per heavy atom. The predicted octanol–water partition coefficient (Wildman–Crippen LogP) is 1.80. The molecule has 0 spiro atoms. The van der Waals surface area contributed by atoms with E-state index in [9.17, 15) is 4.79 Å². The average Bonchev–Trinajstić information content (AvgIpc) is 3.23. The Morgan fingerprint density at radius 1 is 1.14 bits per heavy atom. The predicted molar refractivity (Wildman–Crippen MR) is 99.9 cm³/mol. The van der Waals surface area contributed by atoms with Gasteiger partial charge in [0.1, 0.15) is 0 Å². The van der Waals surface area contributed by atoms with Crippen LogP contribution in [-0.4, -0.2) is 55.0 Å². The van der Waals surface area contributed by atoms with Crippen LogP contribution in [0.15, 0.2) is 48.9 Å². The van der Waals surface area contributed by atoms with E-state index in [2.05, 4.69) is 25.6 Å². The number of carbonyl (C=O) groups excluding carboxylic acids is 1. The number of hydrogen-bond acceptors (Lipinski definition) is 7. The van der Waals surface area contributed by atoms with Crippen LogP contribution < -0.4 is 5.32 Å². The van der Waals surface area contributed by atoms with Crippen LogP contribution in [0.3, 0.4) is 0 Å². The molecule has 2 aliphatic heterocycles. The Morgan fingerprint density at radius 2 is 1.96 bits per heavy atom. The van der Waals surface area contributed by atoms with Crippen LogP contribution >= 0.6 is 0 Å². The smallest absolute Gasteiger partial charge is 0.257 e. The minimum absolute atomic E-state index is 0.0770. The molecule has 0 unspecified atom stereocenters. The Bertz CT molecular complexity index is 973. The summed E-state index contributed by atoms with van der Waals surface area (Å²) in [7, 11) is 0. The van der Waals surface area contributed by atoms with Crippen LogP contribution in [-0.2, 0) is 11.3 Å². The molecule has 4 heterocycles.